The van der Waals surface area contributed by atoms with Crippen LogP contribution in [-0.4, -0.2) is 54.5 Å². The second kappa shape index (κ2) is 7.33. The molecular formula is C16H22N2O3. The zero-order chi connectivity index (χ0) is 15.2. The molecule has 2 unspecified atom stereocenters. The third-order valence-electron chi connectivity index (χ3n) is 4.05. The molecule has 1 aliphatic rings. The van der Waals surface area contributed by atoms with E-state index in [2.05, 4.69) is 10.2 Å². The largest absolute Gasteiger partial charge is 0.481 e. The summed E-state index contributed by atoms with van der Waals surface area (Å²) in [4.78, 5) is 26.2. The highest BCUT2D eigenvalue weighted by Crippen LogP contribution is 2.20. The molecule has 0 saturated carbocycles. The minimum absolute atomic E-state index is 0.0796. The van der Waals surface area contributed by atoms with Crippen LogP contribution in [0.1, 0.15) is 17.3 Å². The molecule has 1 saturated heterocycles. The maximum absolute atomic E-state index is 12.7. The topological polar surface area (TPSA) is 69.6 Å². The summed E-state index contributed by atoms with van der Waals surface area (Å²) in [5.41, 5.74) is 0.589. The number of carboxylic acids is 1. The summed E-state index contributed by atoms with van der Waals surface area (Å²) in [5, 5.41) is 12.6. The number of piperazine rings is 1. The molecule has 0 aromatic heterocycles. The standard InChI is InChI=1S/C16H22N2O3/c1-12(16(20)21)14(11-18-9-7-17-8-10-18)15(19)13-5-3-2-4-6-13/h2-6,12,14,17H,7-11H2,1H3,(H,20,21). The number of carboxylic acid groups (broad SMARTS) is 1. The van der Waals surface area contributed by atoms with Crippen molar-refractivity contribution in [2.45, 2.75) is 6.92 Å². The van der Waals surface area contributed by atoms with E-state index in [1.54, 1.807) is 31.2 Å². The van der Waals surface area contributed by atoms with E-state index in [9.17, 15) is 14.7 Å². The van der Waals surface area contributed by atoms with Gasteiger partial charge >= 0.3 is 5.97 Å². The first-order valence-electron chi connectivity index (χ1n) is 7.34. The number of benzene rings is 1. The Morgan fingerprint density at radius 3 is 2.43 bits per heavy atom. The van der Waals surface area contributed by atoms with Gasteiger partial charge in [-0.2, -0.15) is 0 Å². The van der Waals surface area contributed by atoms with Gasteiger partial charge in [-0.15, -0.1) is 0 Å². The lowest BCUT2D eigenvalue weighted by molar-refractivity contribution is -0.142. The van der Waals surface area contributed by atoms with Crippen LogP contribution in [0.5, 0.6) is 0 Å². The number of nitrogens with zero attached hydrogens (tertiary/aromatic N) is 1. The monoisotopic (exact) mass is 290 g/mol. The van der Waals surface area contributed by atoms with Crippen molar-refractivity contribution in [3.05, 3.63) is 35.9 Å². The number of carbonyl (C=O) groups excluding carboxylic acids is 1. The van der Waals surface area contributed by atoms with Crippen LogP contribution >= 0.6 is 0 Å². The lowest BCUT2D eigenvalue weighted by Gasteiger charge is -2.31. The number of rotatable bonds is 6. The van der Waals surface area contributed by atoms with E-state index >= 15 is 0 Å². The third-order valence-corrected chi connectivity index (χ3v) is 4.05. The van der Waals surface area contributed by atoms with Gasteiger partial charge in [-0.05, 0) is 0 Å². The van der Waals surface area contributed by atoms with Gasteiger partial charge in [-0.3, -0.25) is 9.59 Å². The maximum Gasteiger partial charge on any atom is 0.307 e. The average Bonchev–Trinajstić information content (AvgIpc) is 2.53. The Hall–Kier alpha value is -1.72. The molecule has 0 amide bonds. The molecule has 0 aliphatic carbocycles. The van der Waals surface area contributed by atoms with Crippen LogP contribution in [0, 0.1) is 11.8 Å². The molecule has 1 aliphatic heterocycles. The van der Waals surface area contributed by atoms with Crippen molar-refractivity contribution in [1.29, 1.82) is 0 Å². The zero-order valence-corrected chi connectivity index (χ0v) is 12.3. The van der Waals surface area contributed by atoms with Gasteiger partial charge in [0.1, 0.15) is 0 Å². The van der Waals surface area contributed by atoms with Crippen LogP contribution < -0.4 is 5.32 Å². The van der Waals surface area contributed by atoms with Gasteiger partial charge in [-0.25, -0.2) is 0 Å². The van der Waals surface area contributed by atoms with E-state index in [0.717, 1.165) is 26.2 Å². The molecule has 0 radical (unpaired) electrons. The fraction of sp³-hybridized carbons (Fsp3) is 0.500. The number of aliphatic carboxylic acids is 1. The smallest absolute Gasteiger partial charge is 0.307 e. The minimum Gasteiger partial charge on any atom is -0.481 e. The fourth-order valence-electron chi connectivity index (χ4n) is 2.63. The van der Waals surface area contributed by atoms with Crippen LogP contribution in [0.2, 0.25) is 0 Å². The van der Waals surface area contributed by atoms with Crippen molar-refractivity contribution in [2.24, 2.45) is 11.8 Å². The highest BCUT2D eigenvalue weighted by Gasteiger charge is 2.32. The number of hydrogen-bond acceptors (Lipinski definition) is 4. The predicted octanol–water partition coefficient (Wildman–Crippen LogP) is 1.11. The number of ketones is 1. The van der Waals surface area contributed by atoms with Crippen LogP contribution in [0.3, 0.4) is 0 Å². The summed E-state index contributed by atoms with van der Waals surface area (Å²) in [6, 6.07) is 8.97. The summed E-state index contributed by atoms with van der Waals surface area (Å²) in [7, 11) is 0. The molecule has 0 bridgehead atoms. The van der Waals surface area contributed by atoms with E-state index in [1.807, 2.05) is 6.07 Å². The van der Waals surface area contributed by atoms with Gasteiger partial charge in [0.25, 0.3) is 0 Å². The first-order chi connectivity index (χ1) is 10.1. The Kier molecular flexibility index (Phi) is 5.47. The Morgan fingerprint density at radius 2 is 1.86 bits per heavy atom. The normalized spacial score (nSPS) is 18.9. The molecule has 1 fully saturated rings. The molecule has 1 aromatic carbocycles. The predicted molar refractivity (Wildman–Crippen MR) is 80.4 cm³/mol. The first kappa shape index (κ1) is 15.7. The molecule has 114 valence electrons. The van der Waals surface area contributed by atoms with E-state index < -0.39 is 17.8 Å². The van der Waals surface area contributed by atoms with E-state index in [1.165, 1.54) is 0 Å². The van der Waals surface area contributed by atoms with Crippen molar-refractivity contribution in [3.63, 3.8) is 0 Å². The molecule has 2 atom stereocenters. The average molecular weight is 290 g/mol. The second-order valence-electron chi connectivity index (χ2n) is 5.51. The van der Waals surface area contributed by atoms with Crippen molar-refractivity contribution < 1.29 is 14.7 Å². The molecule has 1 heterocycles. The van der Waals surface area contributed by atoms with Crippen molar-refractivity contribution in [1.82, 2.24) is 10.2 Å². The fourth-order valence-corrected chi connectivity index (χ4v) is 2.63. The summed E-state index contributed by atoms with van der Waals surface area (Å²) in [6.07, 6.45) is 0. The molecular weight excluding hydrogens is 268 g/mol. The molecule has 21 heavy (non-hydrogen) atoms. The lowest BCUT2D eigenvalue weighted by atomic mass is 9.86. The van der Waals surface area contributed by atoms with Crippen molar-refractivity contribution in [3.8, 4) is 0 Å². The van der Waals surface area contributed by atoms with Gasteiger partial charge in [-0.1, -0.05) is 37.3 Å². The maximum atomic E-state index is 12.7. The molecule has 2 rings (SSSR count). The lowest BCUT2D eigenvalue weighted by Crippen LogP contribution is -2.47. The van der Waals surface area contributed by atoms with Gasteiger partial charge in [0.2, 0.25) is 0 Å². The minimum atomic E-state index is -0.917. The highest BCUT2D eigenvalue weighted by molar-refractivity contribution is 5.99. The Bertz CT molecular complexity index is 484. The van der Waals surface area contributed by atoms with E-state index in [0.29, 0.717) is 12.1 Å². The highest BCUT2D eigenvalue weighted by atomic mass is 16.4. The van der Waals surface area contributed by atoms with Crippen LogP contribution in [-0.2, 0) is 4.79 Å². The molecule has 1 aromatic rings. The number of hydrogen-bond donors (Lipinski definition) is 2. The molecule has 5 heteroatoms. The third kappa shape index (κ3) is 4.12. The second-order valence-corrected chi connectivity index (χ2v) is 5.51. The Balaban J connectivity index is 2.15. The Morgan fingerprint density at radius 1 is 1.24 bits per heavy atom. The summed E-state index contributed by atoms with van der Waals surface area (Å²) < 4.78 is 0. The Labute approximate surface area is 125 Å². The molecule has 2 N–H and O–H groups in total. The number of carbonyl (C=O) groups is 2. The van der Waals surface area contributed by atoms with Crippen molar-refractivity contribution in [2.75, 3.05) is 32.7 Å². The zero-order valence-electron chi connectivity index (χ0n) is 12.3. The summed E-state index contributed by atoms with van der Waals surface area (Å²) in [6.45, 7) is 5.59. The van der Waals surface area contributed by atoms with Gasteiger partial charge in [0.05, 0.1) is 5.92 Å². The van der Waals surface area contributed by atoms with Gasteiger partial charge in [0, 0.05) is 44.2 Å². The SMILES string of the molecule is CC(C(=O)O)C(CN1CCNCC1)C(=O)c1ccccc1. The summed E-state index contributed by atoms with van der Waals surface area (Å²) in [5.74, 6) is -2.20. The quantitative estimate of drug-likeness (QED) is 0.768. The van der Waals surface area contributed by atoms with Crippen LogP contribution in [0.15, 0.2) is 30.3 Å². The molecule has 5 nitrogen and oxygen atoms in total. The van der Waals surface area contributed by atoms with Gasteiger partial charge in [0.15, 0.2) is 5.78 Å². The molecule has 0 spiro atoms. The van der Waals surface area contributed by atoms with Crippen LogP contribution in [0.4, 0.5) is 0 Å². The van der Waals surface area contributed by atoms with Gasteiger partial charge < -0.3 is 15.3 Å². The van der Waals surface area contributed by atoms with E-state index in [-0.39, 0.29) is 5.78 Å². The van der Waals surface area contributed by atoms with Crippen LogP contribution in [0.25, 0.3) is 0 Å². The van der Waals surface area contributed by atoms with Crippen molar-refractivity contribution >= 4 is 11.8 Å². The summed E-state index contributed by atoms with van der Waals surface area (Å²) >= 11 is 0. The number of Topliss-reactive ketones (excluding diaryl/α,β-unsaturated/α-hetero) is 1. The number of nitrogens with one attached hydrogen (secondary N) is 1. The van der Waals surface area contributed by atoms with E-state index in [4.69, 9.17) is 0 Å². The first-order valence-corrected chi connectivity index (χ1v) is 7.34.